The lowest BCUT2D eigenvalue weighted by molar-refractivity contribution is -0.139. The van der Waals surface area contributed by atoms with E-state index < -0.39 is 0 Å². The number of nitrogens with zero attached hydrogens (tertiary/aromatic N) is 1. The van der Waals surface area contributed by atoms with Crippen LogP contribution in [0.1, 0.15) is 39.0 Å². The molecule has 0 aliphatic carbocycles. The molecule has 0 aromatic heterocycles. The van der Waals surface area contributed by atoms with Gasteiger partial charge < -0.3 is 15.4 Å². The van der Waals surface area contributed by atoms with Crippen LogP contribution in [0.4, 0.5) is 0 Å². The van der Waals surface area contributed by atoms with Crippen molar-refractivity contribution in [2.24, 2.45) is 5.73 Å². The third-order valence-electron chi connectivity index (χ3n) is 3.03. The molecule has 1 aliphatic heterocycles. The summed E-state index contributed by atoms with van der Waals surface area (Å²) in [6, 6.07) is 0.241. The maximum Gasteiger partial charge on any atom is 0.222 e. The van der Waals surface area contributed by atoms with Gasteiger partial charge in [0.2, 0.25) is 5.91 Å². The molecule has 0 aromatic rings. The topological polar surface area (TPSA) is 55.6 Å². The third kappa shape index (κ3) is 4.49. The van der Waals surface area contributed by atoms with Gasteiger partial charge in [-0.3, -0.25) is 4.79 Å². The SMILES string of the molecule is CC1COCCN1C(=O)CCCCCCN. The molecular formula is C12H24N2O2. The second-order valence-corrected chi connectivity index (χ2v) is 4.46. The van der Waals surface area contributed by atoms with Crippen LogP contribution in [0.15, 0.2) is 0 Å². The Morgan fingerprint density at radius 2 is 2.12 bits per heavy atom. The van der Waals surface area contributed by atoms with Crippen LogP contribution in [0.25, 0.3) is 0 Å². The summed E-state index contributed by atoms with van der Waals surface area (Å²) in [6.07, 6.45) is 4.99. The molecule has 1 unspecified atom stereocenters. The predicted molar refractivity (Wildman–Crippen MR) is 64.1 cm³/mol. The van der Waals surface area contributed by atoms with Crippen LogP contribution < -0.4 is 5.73 Å². The minimum Gasteiger partial charge on any atom is -0.377 e. The summed E-state index contributed by atoms with van der Waals surface area (Å²) < 4.78 is 5.31. The zero-order valence-electron chi connectivity index (χ0n) is 10.3. The fourth-order valence-electron chi connectivity index (χ4n) is 2.02. The van der Waals surface area contributed by atoms with E-state index in [0.717, 1.165) is 38.8 Å². The quantitative estimate of drug-likeness (QED) is 0.694. The highest BCUT2D eigenvalue weighted by Gasteiger charge is 2.22. The number of nitrogens with two attached hydrogens (primary N) is 1. The largest absolute Gasteiger partial charge is 0.377 e. The van der Waals surface area contributed by atoms with Crippen molar-refractivity contribution in [3.05, 3.63) is 0 Å². The second kappa shape index (κ2) is 7.63. The number of hydrogen-bond donors (Lipinski definition) is 1. The molecule has 4 heteroatoms. The molecule has 1 rings (SSSR count). The van der Waals surface area contributed by atoms with Crippen molar-refractivity contribution in [1.82, 2.24) is 4.90 Å². The standard InChI is InChI=1S/C12H24N2O2/c1-11-10-16-9-8-14(11)12(15)6-4-2-3-5-7-13/h11H,2-10,13H2,1H3. The smallest absolute Gasteiger partial charge is 0.222 e. The minimum atomic E-state index is 0.241. The van der Waals surface area contributed by atoms with E-state index in [-0.39, 0.29) is 11.9 Å². The molecule has 1 atom stereocenters. The molecule has 0 bridgehead atoms. The van der Waals surface area contributed by atoms with Gasteiger partial charge in [0, 0.05) is 13.0 Å². The Bertz CT molecular complexity index is 209. The highest BCUT2D eigenvalue weighted by Crippen LogP contribution is 2.11. The van der Waals surface area contributed by atoms with Crippen molar-refractivity contribution >= 4 is 5.91 Å². The van der Waals surface area contributed by atoms with Gasteiger partial charge >= 0.3 is 0 Å². The van der Waals surface area contributed by atoms with Crippen LogP contribution >= 0.6 is 0 Å². The van der Waals surface area contributed by atoms with E-state index in [0.29, 0.717) is 19.6 Å². The molecule has 1 amide bonds. The zero-order chi connectivity index (χ0) is 11.8. The number of carbonyl (C=O) groups excluding carboxylic acids is 1. The molecule has 0 radical (unpaired) electrons. The van der Waals surface area contributed by atoms with Crippen LogP contribution in [0.5, 0.6) is 0 Å². The maximum absolute atomic E-state index is 11.9. The van der Waals surface area contributed by atoms with Crippen LogP contribution in [0.3, 0.4) is 0 Å². The first kappa shape index (κ1) is 13.5. The first-order chi connectivity index (χ1) is 7.75. The van der Waals surface area contributed by atoms with Gasteiger partial charge in [-0.2, -0.15) is 0 Å². The number of ether oxygens (including phenoxy) is 1. The number of rotatable bonds is 6. The lowest BCUT2D eigenvalue weighted by Gasteiger charge is -2.33. The molecule has 16 heavy (non-hydrogen) atoms. The van der Waals surface area contributed by atoms with Gasteiger partial charge in [0.05, 0.1) is 19.3 Å². The summed E-state index contributed by atoms with van der Waals surface area (Å²) in [5, 5.41) is 0. The van der Waals surface area contributed by atoms with Gasteiger partial charge in [-0.05, 0) is 26.3 Å². The fraction of sp³-hybridized carbons (Fsp3) is 0.917. The van der Waals surface area contributed by atoms with E-state index in [9.17, 15) is 4.79 Å². The van der Waals surface area contributed by atoms with Crippen molar-refractivity contribution in [3.63, 3.8) is 0 Å². The van der Waals surface area contributed by atoms with Gasteiger partial charge in [-0.15, -0.1) is 0 Å². The van der Waals surface area contributed by atoms with E-state index in [1.807, 2.05) is 11.8 Å². The zero-order valence-corrected chi connectivity index (χ0v) is 10.3. The average molecular weight is 228 g/mol. The van der Waals surface area contributed by atoms with Crippen molar-refractivity contribution < 1.29 is 9.53 Å². The Hall–Kier alpha value is -0.610. The van der Waals surface area contributed by atoms with Gasteiger partial charge in [-0.1, -0.05) is 12.8 Å². The summed E-state index contributed by atoms with van der Waals surface area (Å²) >= 11 is 0. The summed E-state index contributed by atoms with van der Waals surface area (Å²) in [7, 11) is 0. The van der Waals surface area contributed by atoms with Crippen molar-refractivity contribution in [1.29, 1.82) is 0 Å². The highest BCUT2D eigenvalue weighted by molar-refractivity contribution is 5.76. The first-order valence-corrected chi connectivity index (χ1v) is 6.33. The molecule has 4 nitrogen and oxygen atoms in total. The number of amides is 1. The molecule has 1 fully saturated rings. The lowest BCUT2D eigenvalue weighted by Crippen LogP contribution is -2.47. The van der Waals surface area contributed by atoms with Gasteiger partial charge in [-0.25, -0.2) is 0 Å². The Morgan fingerprint density at radius 3 is 2.81 bits per heavy atom. The second-order valence-electron chi connectivity index (χ2n) is 4.46. The summed E-state index contributed by atoms with van der Waals surface area (Å²) in [5.74, 6) is 0.281. The average Bonchev–Trinajstić information content (AvgIpc) is 2.29. The van der Waals surface area contributed by atoms with Gasteiger partial charge in [0.15, 0.2) is 0 Å². The van der Waals surface area contributed by atoms with E-state index >= 15 is 0 Å². The number of hydrogen-bond acceptors (Lipinski definition) is 3. The third-order valence-corrected chi connectivity index (χ3v) is 3.03. The highest BCUT2D eigenvalue weighted by atomic mass is 16.5. The van der Waals surface area contributed by atoms with Crippen molar-refractivity contribution in [2.75, 3.05) is 26.3 Å². The van der Waals surface area contributed by atoms with Crippen LogP contribution in [-0.4, -0.2) is 43.2 Å². The summed E-state index contributed by atoms with van der Waals surface area (Å²) in [4.78, 5) is 13.8. The van der Waals surface area contributed by atoms with Crippen LogP contribution in [0, 0.1) is 0 Å². The Labute approximate surface area is 98.1 Å². The molecule has 94 valence electrons. The van der Waals surface area contributed by atoms with E-state index in [1.165, 1.54) is 0 Å². The fourth-order valence-corrected chi connectivity index (χ4v) is 2.02. The molecule has 1 aliphatic rings. The number of unbranched alkanes of at least 4 members (excludes halogenated alkanes) is 3. The predicted octanol–water partition coefficient (Wildman–Crippen LogP) is 1.14. The van der Waals surface area contributed by atoms with E-state index in [2.05, 4.69) is 0 Å². The normalized spacial score (nSPS) is 21.1. The summed E-state index contributed by atoms with van der Waals surface area (Å²) in [5.41, 5.74) is 5.42. The first-order valence-electron chi connectivity index (χ1n) is 6.33. The monoisotopic (exact) mass is 228 g/mol. The van der Waals surface area contributed by atoms with E-state index in [1.54, 1.807) is 0 Å². The Kier molecular flexibility index (Phi) is 6.42. The van der Waals surface area contributed by atoms with E-state index in [4.69, 9.17) is 10.5 Å². The molecule has 0 spiro atoms. The number of carbonyl (C=O) groups is 1. The lowest BCUT2D eigenvalue weighted by atomic mass is 10.1. The van der Waals surface area contributed by atoms with Crippen LogP contribution in [-0.2, 0) is 9.53 Å². The Morgan fingerprint density at radius 1 is 1.38 bits per heavy atom. The van der Waals surface area contributed by atoms with Crippen molar-refractivity contribution in [2.45, 2.75) is 45.1 Å². The molecular weight excluding hydrogens is 204 g/mol. The van der Waals surface area contributed by atoms with Gasteiger partial charge in [0.1, 0.15) is 0 Å². The minimum absolute atomic E-state index is 0.241. The molecule has 0 aromatic carbocycles. The van der Waals surface area contributed by atoms with Crippen molar-refractivity contribution in [3.8, 4) is 0 Å². The summed E-state index contributed by atoms with van der Waals surface area (Å²) in [6.45, 7) is 4.92. The van der Waals surface area contributed by atoms with Gasteiger partial charge in [0.25, 0.3) is 0 Å². The molecule has 2 N–H and O–H groups in total. The molecule has 0 saturated carbocycles. The molecule has 1 heterocycles. The Balaban J connectivity index is 2.13. The number of morpholine rings is 1. The molecule has 1 saturated heterocycles. The maximum atomic E-state index is 11.9. The van der Waals surface area contributed by atoms with Crippen LogP contribution in [0.2, 0.25) is 0 Å².